The van der Waals surface area contributed by atoms with Crippen molar-refractivity contribution >= 4 is 11.6 Å². The van der Waals surface area contributed by atoms with Crippen molar-refractivity contribution < 1.29 is 24.6 Å². The van der Waals surface area contributed by atoms with Gasteiger partial charge >= 0.3 is 0 Å². The Balaban J connectivity index is 2.43. The highest BCUT2D eigenvalue weighted by Crippen LogP contribution is 2.17. The van der Waals surface area contributed by atoms with Gasteiger partial charge in [-0.05, 0) is 38.1 Å². The average molecular weight is 404 g/mol. The molecular formula is C19H24N4O6. The number of nitrogens with zero attached hydrogens (tertiary/aromatic N) is 2. The molecule has 0 aliphatic heterocycles. The number of aliphatic hydroxyl groups excluding tert-OH is 1. The number of terminal acetylenes is 1. The van der Waals surface area contributed by atoms with Gasteiger partial charge in [0.2, 0.25) is 5.91 Å². The number of aliphatic hydroxyl groups is 1. The standard InChI is InChI=1S/C19H24N4O6/c1-4-19(2,3)21-11-16(24)13-28-17-7-5-15(6-8-17)22-18(25)9-14(10-20)12-29-23(26)27/h1,5-8,14,16,21,24H,9,11-13H2,2-3H3,(H,22,25). The molecule has 0 saturated carbocycles. The highest BCUT2D eigenvalue weighted by atomic mass is 16.9. The molecule has 156 valence electrons. The molecule has 3 N–H and O–H groups in total. The minimum atomic E-state index is -1.01. The van der Waals surface area contributed by atoms with Gasteiger partial charge in [0, 0.05) is 18.7 Å². The van der Waals surface area contributed by atoms with Gasteiger partial charge in [0.15, 0.2) is 0 Å². The second-order valence-corrected chi connectivity index (χ2v) is 6.74. The van der Waals surface area contributed by atoms with Crippen molar-refractivity contribution in [1.29, 1.82) is 5.26 Å². The first kappa shape index (κ1) is 23.7. The predicted octanol–water partition coefficient (Wildman–Crippen LogP) is 1.10. The maximum absolute atomic E-state index is 11.9. The van der Waals surface area contributed by atoms with Crippen molar-refractivity contribution in [2.24, 2.45) is 5.92 Å². The van der Waals surface area contributed by atoms with Crippen LogP contribution in [0.15, 0.2) is 24.3 Å². The third-order valence-electron chi connectivity index (χ3n) is 3.72. The third kappa shape index (κ3) is 9.96. The monoisotopic (exact) mass is 404 g/mol. The van der Waals surface area contributed by atoms with E-state index in [2.05, 4.69) is 21.4 Å². The van der Waals surface area contributed by atoms with E-state index in [1.165, 1.54) is 0 Å². The van der Waals surface area contributed by atoms with Crippen LogP contribution in [-0.2, 0) is 9.63 Å². The molecule has 29 heavy (non-hydrogen) atoms. The molecule has 2 atom stereocenters. The van der Waals surface area contributed by atoms with Crippen molar-refractivity contribution in [2.45, 2.75) is 31.9 Å². The summed E-state index contributed by atoms with van der Waals surface area (Å²) >= 11 is 0. The fourth-order valence-electron chi connectivity index (χ4n) is 2.04. The van der Waals surface area contributed by atoms with Crippen LogP contribution in [0.1, 0.15) is 20.3 Å². The Morgan fingerprint density at radius 2 is 2.03 bits per heavy atom. The van der Waals surface area contributed by atoms with Crippen LogP contribution in [0.25, 0.3) is 0 Å². The lowest BCUT2D eigenvalue weighted by molar-refractivity contribution is -0.758. The van der Waals surface area contributed by atoms with Crippen LogP contribution in [0.5, 0.6) is 5.75 Å². The smallest absolute Gasteiger partial charge is 0.294 e. The minimum absolute atomic E-state index is 0.0552. The van der Waals surface area contributed by atoms with E-state index < -0.39 is 35.2 Å². The van der Waals surface area contributed by atoms with Crippen LogP contribution < -0.4 is 15.4 Å². The summed E-state index contributed by atoms with van der Waals surface area (Å²) in [6.07, 6.45) is 4.36. The van der Waals surface area contributed by atoms with E-state index in [9.17, 15) is 20.0 Å². The summed E-state index contributed by atoms with van der Waals surface area (Å²) in [6.45, 7) is 3.49. The molecule has 0 radical (unpaired) electrons. The molecule has 0 fully saturated rings. The van der Waals surface area contributed by atoms with Crippen LogP contribution in [0.2, 0.25) is 0 Å². The summed E-state index contributed by atoms with van der Waals surface area (Å²) in [5.74, 6) is 1.65. The number of carbonyl (C=O) groups is 1. The Morgan fingerprint density at radius 3 is 2.59 bits per heavy atom. The summed E-state index contributed by atoms with van der Waals surface area (Å²) in [5, 5.41) is 33.6. The maximum atomic E-state index is 11.9. The van der Waals surface area contributed by atoms with E-state index in [-0.39, 0.29) is 19.6 Å². The Labute approximate surface area is 168 Å². The lowest BCUT2D eigenvalue weighted by Crippen LogP contribution is -2.43. The van der Waals surface area contributed by atoms with E-state index in [1.807, 2.05) is 13.8 Å². The molecule has 1 rings (SSSR count). The summed E-state index contributed by atoms with van der Waals surface area (Å²) in [7, 11) is 0. The number of amides is 1. The van der Waals surface area contributed by atoms with Gasteiger partial charge in [0.25, 0.3) is 5.09 Å². The Hall–Kier alpha value is -3.34. The van der Waals surface area contributed by atoms with E-state index in [1.54, 1.807) is 30.3 Å². The quantitative estimate of drug-likeness (QED) is 0.267. The second kappa shape index (κ2) is 11.5. The topological polar surface area (TPSA) is 147 Å². The molecule has 0 heterocycles. The zero-order chi connectivity index (χ0) is 21.9. The first-order valence-corrected chi connectivity index (χ1v) is 8.75. The molecule has 0 aliphatic rings. The maximum Gasteiger partial charge on any atom is 0.294 e. The van der Waals surface area contributed by atoms with Crippen molar-refractivity contribution in [3.05, 3.63) is 34.4 Å². The number of carbonyl (C=O) groups excluding carboxylic acids is 1. The lowest BCUT2D eigenvalue weighted by atomic mass is 10.1. The van der Waals surface area contributed by atoms with Gasteiger partial charge in [0.1, 0.15) is 25.1 Å². The third-order valence-corrected chi connectivity index (χ3v) is 3.72. The summed E-state index contributed by atoms with van der Waals surface area (Å²) in [6, 6.07) is 8.19. The van der Waals surface area contributed by atoms with Gasteiger partial charge in [-0.1, -0.05) is 5.92 Å². The number of nitriles is 1. The first-order valence-electron chi connectivity index (χ1n) is 8.75. The summed E-state index contributed by atoms with van der Waals surface area (Å²) in [5.41, 5.74) is -0.0619. The molecule has 0 saturated heterocycles. The molecule has 0 aromatic heterocycles. The van der Waals surface area contributed by atoms with Crippen molar-refractivity contribution in [2.75, 3.05) is 25.1 Å². The van der Waals surface area contributed by atoms with Gasteiger partial charge < -0.3 is 20.0 Å². The number of hydrogen-bond acceptors (Lipinski definition) is 8. The fraction of sp³-hybridized carbons (Fsp3) is 0.474. The molecule has 2 unspecified atom stereocenters. The SMILES string of the molecule is C#CC(C)(C)NCC(O)COc1ccc(NC(=O)CC(C#N)CO[N+](=O)[O-])cc1. The fourth-order valence-corrected chi connectivity index (χ4v) is 2.04. The molecule has 1 amide bonds. The minimum Gasteiger partial charge on any atom is -0.491 e. The van der Waals surface area contributed by atoms with E-state index in [4.69, 9.17) is 16.4 Å². The molecule has 1 aromatic carbocycles. The number of anilines is 1. The van der Waals surface area contributed by atoms with Gasteiger partial charge in [-0.25, -0.2) is 0 Å². The van der Waals surface area contributed by atoms with Crippen molar-refractivity contribution in [1.82, 2.24) is 5.32 Å². The van der Waals surface area contributed by atoms with Crippen LogP contribution in [0.4, 0.5) is 5.69 Å². The van der Waals surface area contributed by atoms with Crippen molar-refractivity contribution in [3.63, 3.8) is 0 Å². The van der Waals surface area contributed by atoms with Crippen LogP contribution in [0, 0.1) is 39.7 Å². The Kier molecular flexibility index (Phi) is 9.39. The van der Waals surface area contributed by atoms with E-state index in [0.717, 1.165) is 0 Å². The van der Waals surface area contributed by atoms with Crippen molar-refractivity contribution in [3.8, 4) is 24.2 Å². The number of benzene rings is 1. The van der Waals surface area contributed by atoms with E-state index >= 15 is 0 Å². The zero-order valence-electron chi connectivity index (χ0n) is 16.3. The van der Waals surface area contributed by atoms with Crippen LogP contribution in [-0.4, -0.2) is 47.5 Å². The molecule has 0 spiro atoms. The lowest BCUT2D eigenvalue weighted by Gasteiger charge is -2.22. The largest absolute Gasteiger partial charge is 0.491 e. The molecule has 0 aliphatic carbocycles. The number of nitrogens with one attached hydrogen (secondary N) is 2. The molecule has 10 heteroatoms. The highest BCUT2D eigenvalue weighted by Gasteiger charge is 2.16. The Morgan fingerprint density at radius 1 is 1.38 bits per heavy atom. The predicted molar refractivity (Wildman–Crippen MR) is 104 cm³/mol. The Bertz CT molecular complexity index is 766. The van der Waals surface area contributed by atoms with Gasteiger partial charge in [0.05, 0.1) is 17.5 Å². The number of hydrogen-bond donors (Lipinski definition) is 3. The van der Waals surface area contributed by atoms with Crippen LogP contribution in [0.3, 0.4) is 0 Å². The number of ether oxygens (including phenoxy) is 1. The number of rotatable bonds is 12. The normalized spacial score (nSPS) is 12.7. The summed E-state index contributed by atoms with van der Waals surface area (Å²) in [4.78, 5) is 26.2. The average Bonchev–Trinajstić information content (AvgIpc) is 2.69. The van der Waals surface area contributed by atoms with E-state index in [0.29, 0.717) is 11.4 Å². The summed E-state index contributed by atoms with van der Waals surface area (Å²) < 4.78 is 5.49. The molecule has 1 aromatic rings. The molecule has 10 nitrogen and oxygen atoms in total. The van der Waals surface area contributed by atoms with Gasteiger partial charge in [-0.3, -0.25) is 10.1 Å². The van der Waals surface area contributed by atoms with Crippen LogP contribution >= 0.6 is 0 Å². The zero-order valence-corrected chi connectivity index (χ0v) is 16.3. The highest BCUT2D eigenvalue weighted by molar-refractivity contribution is 5.91. The number of β-amino-alcohol motifs (C(OH)–C–C–N with tert-alkyl or cyclic N) is 1. The molecular weight excluding hydrogens is 380 g/mol. The van der Waals surface area contributed by atoms with Gasteiger partial charge in [-0.2, -0.15) is 5.26 Å². The first-order chi connectivity index (χ1) is 13.6. The van der Waals surface area contributed by atoms with Gasteiger partial charge in [-0.15, -0.1) is 16.5 Å². The second-order valence-electron chi connectivity index (χ2n) is 6.74. The molecule has 0 bridgehead atoms.